The average molecular weight is 435 g/mol. The predicted octanol–water partition coefficient (Wildman–Crippen LogP) is 4.01. The number of pyridine rings is 2. The molecule has 1 saturated carbocycles. The van der Waals surface area contributed by atoms with Crippen molar-refractivity contribution in [3.8, 4) is 0 Å². The first-order valence-electron chi connectivity index (χ1n) is 12.2. The van der Waals surface area contributed by atoms with Crippen molar-refractivity contribution in [3.63, 3.8) is 0 Å². The molecule has 2 aromatic heterocycles. The Labute approximate surface area is 190 Å². The van der Waals surface area contributed by atoms with Crippen LogP contribution < -0.4 is 16.2 Å². The van der Waals surface area contributed by atoms with Crippen LogP contribution in [0.15, 0.2) is 36.5 Å². The van der Waals surface area contributed by atoms with Crippen molar-refractivity contribution in [2.75, 3.05) is 11.9 Å². The second kappa shape index (κ2) is 9.55. The summed E-state index contributed by atoms with van der Waals surface area (Å²) in [4.78, 5) is 25.0. The van der Waals surface area contributed by atoms with Crippen LogP contribution in [0.4, 0.5) is 11.5 Å². The lowest BCUT2D eigenvalue weighted by molar-refractivity contribution is -0.135. The van der Waals surface area contributed by atoms with E-state index in [1.165, 1.54) is 25.7 Å². The molecule has 0 spiro atoms. The van der Waals surface area contributed by atoms with Gasteiger partial charge in [0.25, 0.3) is 0 Å². The third-order valence-electron chi connectivity index (χ3n) is 7.23. The molecule has 0 bridgehead atoms. The van der Waals surface area contributed by atoms with Crippen LogP contribution in [0.3, 0.4) is 0 Å². The van der Waals surface area contributed by atoms with Gasteiger partial charge in [0.2, 0.25) is 5.91 Å². The Morgan fingerprint density at radius 2 is 1.94 bits per heavy atom. The highest BCUT2D eigenvalue weighted by atomic mass is 16.2. The fourth-order valence-electron chi connectivity index (χ4n) is 5.68. The van der Waals surface area contributed by atoms with Crippen molar-refractivity contribution in [1.29, 1.82) is 0 Å². The molecule has 3 N–H and O–H groups in total. The van der Waals surface area contributed by atoms with E-state index in [9.17, 15) is 4.79 Å². The maximum Gasteiger partial charge on any atom is 0.241 e. The molecule has 1 amide bonds. The van der Waals surface area contributed by atoms with Crippen LogP contribution in [-0.4, -0.2) is 39.4 Å². The van der Waals surface area contributed by atoms with E-state index in [1.54, 1.807) is 6.20 Å². The minimum absolute atomic E-state index is 0.0288. The van der Waals surface area contributed by atoms with Crippen LogP contribution in [0, 0.1) is 12.8 Å². The monoisotopic (exact) mass is 434 g/mol. The van der Waals surface area contributed by atoms with Crippen LogP contribution in [0.5, 0.6) is 0 Å². The predicted molar refractivity (Wildman–Crippen MR) is 125 cm³/mol. The van der Waals surface area contributed by atoms with Crippen LogP contribution in [0.2, 0.25) is 0 Å². The second-order valence-electron chi connectivity index (χ2n) is 9.48. The molecule has 0 aromatic carbocycles. The molecule has 2 aromatic rings. The number of aromatic nitrogens is 2. The molecule has 3 fully saturated rings. The van der Waals surface area contributed by atoms with E-state index >= 15 is 0 Å². The number of likely N-dealkylation sites (tertiary alicyclic amines) is 1. The van der Waals surface area contributed by atoms with Crippen molar-refractivity contribution < 1.29 is 4.79 Å². The van der Waals surface area contributed by atoms with Gasteiger partial charge in [-0.25, -0.2) is 10.4 Å². The molecule has 2 aliphatic heterocycles. The highest BCUT2D eigenvalue weighted by Gasteiger charge is 2.44. The lowest BCUT2D eigenvalue weighted by Gasteiger charge is -2.31. The first-order chi connectivity index (χ1) is 15.7. The number of hydrogen-bond acceptors (Lipinski definition) is 6. The van der Waals surface area contributed by atoms with Crippen molar-refractivity contribution in [3.05, 3.63) is 47.9 Å². The highest BCUT2D eigenvalue weighted by Crippen LogP contribution is 2.36. The third-order valence-corrected chi connectivity index (χ3v) is 7.23. The molecule has 4 heterocycles. The zero-order valence-electron chi connectivity index (χ0n) is 18.9. The summed E-state index contributed by atoms with van der Waals surface area (Å²) in [6.07, 6.45) is 11.1. The van der Waals surface area contributed by atoms with Gasteiger partial charge in [-0.3, -0.25) is 15.2 Å². The van der Waals surface area contributed by atoms with Crippen molar-refractivity contribution in [1.82, 2.24) is 25.7 Å². The summed E-state index contributed by atoms with van der Waals surface area (Å²) in [5.74, 6) is 1.42. The smallest absolute Gasteiger partial charge is 0.241 e. The minimum atomic E-state index is -0.130. The summed E-state index contributed by atoms with van der Waals surface area (Å²) < 4.78 is 0. The summed E-state index contributed by atoms with van der Waals surface area (Å²) in [7, 11) is 0. The molecule has 1 aliphatic carbocycles. The van der Waals surface area contributed by atoms with E-state index < -0.39 is 0 Å². The molecule has 7 heteroatoms. The molecule has 0 radical (unpaired) electrons. The number of anilines is 2. The number of nitrogens with one attached hydrogen (secondary N) is 3. The Morgan fingerprint density at radius 3 is 2.78 bits per heavy atom. The Morgan fingerprint density at radius 1 is 1.06 bits per heavy atom. The van der Waals surface area contributed by atoms with E-state index in [0.29, 0.717) is 12.0 Å². The number of aryl methyl sites for hydroxylation is 1. The number of nitrogens with zero attached hydrogens (tertiary/aromatic N) is 3. The number of rotatable bonds is 4. The summed E-state index contributed by atoms with van der Waals surface area (Å²) in [5, 5.41) is 3.38. The molecular formula is C25H34N6O. The average Bonchev–Trinajstić information content (AvgIpc) is 3.41. The van der Waals surface area contributed by atoms with E-state index in [4.69, 9.17) is 4.98 Å². The van der Waals surface area contributed by atoms with Gasteiger partial charge >= 0.3 is 0 Å². The van der Waals surface area contributed by atoms with E-state index in [-0.39, 0.29) is 18.0 Å². The van der Waals surface area contributed by atoms with Crippen LogP contribution >= 0.6 is 0 Å². The highest BCUT2D eigenvalue weighted by molar-refractivity contribution is 5.83. The van der Waals surface area contributed by atoms with Gasteiger partial charge in [0.1, 0.15) is 11.9 Å². The van der Waals surface area contributed by atoms with Gasteiger partial charge in [0.05, 0.1) is 11.7 Å². The molecule has 170 valence electrons. The van der Waals surface area contributed by atoms with Gasteiger partial charge in [0, 0.05) is 36.1 Å². The summed E-state index contributed by atoms with van der Waals surface area (Å²) in [5.41, 5.74) is 9.70. The standard InChI is InChI=1S/C25H34N6O/c1-17-15-18(28-23-12-6-7-13-26-23)16-21(27-17)22-11-8-14-31(22)25(32)24-19-9-4-2-3-5-10-20(19)29-30-24/h6-7,12-13,15-16,19-20,22,24,29-30H,2-5,8-11,14H2,1H3,(H,26,27,28). The topological polar surface area (TPSA) is 82.2 Å². The fraction of sp³-hybridized carbons (Fsp3) is 0.560. The first kappa shape index (κ1) is 21.3. The lowest BCUT2D eigenvalue weighted by atomic mass is 9.83. The number of hydrazine groups is 1. The van der Waals surface area contributed by atoms with Gasteiger partial charge in [-0.1, -0.05) is 31.7 Å². The number of hydrogen-bond donors (Lipinski definition) is 3. The lowest BCUT2D eigenvalue weighted by Crippen LogP contribution is -2.47. The molecule has 7 nitrogen and oxygen atoms in total. The summed E-state index contributed by atoms with van der Waals surface area (Å²) in [6, 6.07) is 10.2. The SMILES string of the molecule is Cc1cc(Nc2ccccn2)cc(C2CCCN2C(=O)C2NNC3CCCCCCC32)n1. The molecular weight excluding hydrogens is 400 g/mol. The maximum absolute atomic E-state index is 13.7. The Balaban J connectivity index is 1.35. The Bertz CT molecular complexity index is 935. The van der Waals surface area contributed by atoms with Gasteiger partial charge in [-0.2, -0.15) is 0 Å². The molecule has 32 heavy (non-hydrogen) atoms. The quantitative estimate of drug-likeness (QED) is 0.675. The van der Waals surface area contributed by atoms with Gasteiger partial charge in [0.15, 0.2) is 0 Å². The molecule has 2 saturated heterocycles. The van der Waals surface area contributed by atoms with Crippen LogP contribution in [-0.2, 0) is 4.79 Å². The molecule has 4 unspecified atom stereocenters. The normalized spacial score (nSPS) is 28.1. The van der Waals surface area contributed by atoms with Crippen LogP contribution in [0.1, 0.15) is 68.8 Å². The first-order valence-corrected chi connectivity index (χ1v) is 12.2. The van der Waals surface area contributed by atoms with Gasteiger partial charge in [-0.15, -0.1) is 0 Å². The number of carbonyl (C=O) groups excluding carboxylic acids is 1. The summed E-state index contributed by atoms with van der Waals surface area (Å²) in [6.45, 7) is 2.81. The van der Waals surface area contributed by atoms with Gasteiger partial charge in [-0.05, 0) is 56.9 Å². The Kier molecular flexibility index (Phi) is 6.37. The molecule has 3 aliphatic rings. The van der Waals surface area contributed by atoms with Gasteiger partial charge < -0.3 is 10.2 Å². The van der Waals surface area contributed by atoms with Crippen molar-refractivity contribution >= 4 is 17.4 Å². The minimum Gasteiger partial charge on any atom is -0.340 e. The molecule has 4 atom stereocenters. The van der Waals surface area contributed by atoms with E-state index in [1.807, 2.05) is 31.2 Å². The number of carbonyl (C=O) groups is 1. The maximum atomic E-state index is 13.7. The summed E-state index contributed by atoms with van der Waals surface area (Å²) >= 11 is 0. The van der Waals surface area contributed by atoms with E-state index in [0.717, 1.165) is 55.1 Å². The largest absolute Gasteiger partial charge is 0.340 e. The molecule has 5 rings (SSSR count). The fourth-order valence-corrected chi connectivity index (χ4v) is 5.68. The van der Waals surface area contributed by atoms with Crippen LogP contribution in [0.25, 0.3) is 0 Å². The zero-order valence-corrected chi connectivity index (χ0v) is 18.9. The third kappa shape index (κ3) is 4.50. The van der Waals surface area contributed by atoms with Crippen molar-refractivity contribution in [2.24, 2.45) is 5.92 Å². The number of amides is 1. The Hall–Kier alpha value is -2.51. The second-order valence-corrected chi connectivity index (χ2v) is 9.48. The zero-order chi connectivity index (χ0) is 21.9. The van der Waals surface area contributed by atoms with E-state index in [2.05, 4.69) is 32.1 Å². The number of fused-ring (bicyclic) bond motifs is 1. The van der Waals surface area contributed by atoms with Crippen molar-refractivity contribution in [2.45, 2.75) is 76.4 Å².